The van der Waals surface area contributed by atoms with Crippen molar-refractivity contribution in [1.29, 1.82) is 0 Å². The summed E-state index contributed by atoms with van der Waals surface area (Å²) in [5, 5.41) is 29.6. The van der Waals surface area contributed by atoms with E-state index in [1.54, 1.807) is 6.08 Å². The molecule has 3 heteroatoms. The smallest absolute Gasteiger partial charge is 0.131 e. The summed E-state index contributed by atoms with van der Waals surface area (Å²) < 4.78 is 0. The van der Waals surface area contributed by atoms with Gasteiger partial charge in [-0.15, -0.1) is 0 Å². The quantitative estimate of drug-likeness (QED) is 0.658. The highest BCUT2D eigenvalue weighted by Crippen LogP contribution is 2.56. The molecule has 0 heterocycles. The molecule has 18 heavy (non-hydrogen) atoms. The maximum Gasteiger partial charge on any atom is 0.131 e. The lowest BCUT2D eigenvalue weighted by molar-refractivity contribution is -0.103. The van der Waals surface area contributed by atoms with Crippen LogP contribution in [0.4, 0.5) is 0 Å². The Balaban J connectivity index is 2.35. The third-order valence-corrected chi connectivity index (χ3v) is 5.38. The van der Waals surface area contributed by atoms with Crippen LogP contribution in [0.2, 0.25) is 0 Å². The second-order valence-electron chi connectivity index (χ2n) is 6.64. The molecule has 0 aliphatic heterocycles. The van der Waals surface area contributed by atoms with Gasteiger partial charge in [0.05, 0.1) is 12.7 Å². The van der Waals surface area contributed by atoms with Gasteiger partial charge >= 0.3 is 0 Å². The lowest BCUT2D eigenvalue weighted by Gasteiger charge is -2.46. The van der Waals surface area contributed by atoms with Crippen molar-refractivity contribution in [2.45, 2.75) is 51.7 Å². The monoisotopic (exact) mass is 254 g/mol. The molecule has 1 fully saturated rings. The highest BCUT2D eigenvalue weighted by atomic mass is 16.4. The second-order valence-corrected chi connectivity index (χ2v) is 6.64. The summed E-state index contributed by atoms with van der Waals surface area (Å²) in [6.07, 6.45) is 5.78. The predicted octanol–water partition coefficient (Wildman–Crippen LogP) is 1.72. The van der Waals surface area contributed by atoms with E-state index < -0.39 is 18.3 Å². The van der Waals surface area contributed by atoms with E-state index in [0.29, 0.717) is 24.2 Å². The van der Waals surface area contributed by atoms with Gasteiger partial charge < -0.3 is 15.3 Å². The molecule has 5 atom stereocenters. The van der Waals surface area contributed by atoms with E-state index in [1.807, 2.05) is 0 Å². The first-order chi connectivity index (χ1) is 8.35. The Morgan fingerprint density at radius 2 is 1.94 bits per heavy atom. The number of hydrogen-bond donors (Lipinski definition) is 3. The molecule has 0 amide bonds. The Morgan fingerprint density at radius 1 is 1.28 bits per heavy atom. The van der Waals surface area contributed by atoms with Crippen LogP contribution in [0.1, 0.15) is 40.0 Å². The fourth-order valence-electron chi connectivity index (χ4n) is 4.08. The van der Waals surface area contributed by atoms with Crippen LogP contribution in [0.3, 0.4) is 0 Å². The topological polar surface area (TPSA) is 60.7 Å². The maximum absolute atomic E-state index is 10.2. The Kier molecular flexibility index (Phi) is 3.60. The first kappa shape index (κ1) is 14.0. The van der Waals surface area contributed by atoms with Gasteiger partial charge in [0, 0.05) is 0 Å². The summed E-state index contributed by atoms with van der Waals surface area (Å²) in [5.41, 5.74) is -1.45. The third kappa shape index (κ3) is 1.93. The van der Waals surface area contributed by atoms with Crippen LogP contribution < -0.4 is 0 Å². The summed E-state index contributed by atoms with van der Waals surface area (Å²) in [6, 6.07) is 0. The standard InChI is InChI=1S/C15H26O3/c1-10(2)12-5-4-11(3)14(12)6-7-15(18,9-16)13(17)8-14/h6-7,10-13,16-18H,4-5,8-9H2,1-3H3. The van der Waals surface area contributed by atoms with Gasteiger partial charge in [-0.25, -0.2) is 0 Å². The highest BCUT2D eigenvalue weighted by molar-refractivity contribution is 5.21. The fraction of sp³-hybridized carbons (Fsp3) is 0.867. The molecule has 3 nitrogen and oxygen atoms in total. The molecule has 3 N–H and O–H groups in total. The van der Waals surface area contributed by atoms with Gasteiger partial charge in [-0.05, 0) is 42.4 Å². The first-order valence-electron chi connectivity index (χ1n) is 7.07. The number of aliphatic hydroxyl groups excluding tert-OH is 2. The van der Waals surface area contributed by atoms with Crippen molar-refractivity contribution in [3.63, 3.8) is 0 Å². The van der Waals surface area contributed by atoms with Gasteiger partial charge in [0.15, 0.2) is 0 Å². The van der Waals surface area contributed by atoms with Crippen molar-refractivity contribution in [3.8, 4) is 0 Å². The maximum atomic E-state index is 10.2. The Hall–Kier alpha value is -0.380. The summed E-state index contributed by atoms with van der Waals surface area (Å²) in [4.78, 5) is 0. The molecule has 2 rings (SSSR count). The van der Waals surface area contributed by atoms with Crippen LogP contribution >= 0.6 is 0 Å². The third-order valence-electron chi connectivity index (χ3n) is 5.38. The van der Waals surface area contributed by atoms with E-state index in [2.05, 4.69) is 26.8 Å². The Labute approximate surface area is 110 Å². The molecule has 0 aromatic rings. The minimum Gasteiger partial charge on any atom is -0.393 e. The molecule has 2 aliphatic rings. The number of rotatable bonds is 2. The van der Waals surface area contributed by atoms with E-state index in [4.69, 9.17) is 0 Å². The SMILES string of the molecule is CC(C)C1CCC(C)C12C=CC(O)(CO)C(O)C2. The summed E-state index contributed by atoms with van der Waals surface area (Å²) >= 11 is 0. The van der Waals surface area contributed by atoms with Crippen molar-refractivity contribution >= 4 is 0 Å². The largest absolute Gasteiger partial charge is 0.393 e. The molecule has 0 aromatic heterocycles. The summed E-state index contributed by atoms with van der Waals surface area (Å²) in [6.45, 7) is 6.29. The highest BCUT2D eigenvalue weighted by Gasteiger charge is 2.53. The normalized spacial score (nSPS) is 48.3. The summed E-state index contributed by atoms with van der Waals surface area (Å²) in [7, 11) is 0. The summed E-state index contributed by atoms with van der Waals surface area (Å²) in [5.74, 6) is 1.66. The van der Waals surface area contributed by atoms with Crippen molar-refractivity contribution < 1.29 is 15.3 Å². The van der Waals surface area contributed by atoms with E-state index in [0.717, 1.165) is 0 Å². The molecule has 0 saturated heterocycles. The van der Waals surface area contributed by atoms with E-state index in [1.165, 1.54) is 12.8 Å². The second kappa shape index (κ2) is 4.62. The fourth-order valence-corrected chi connectivity index (χ4v) is 4.08. The number of allylic oxidation sites excluding steroid dienone is 1. The molecule has 1 spiro atoms. The van der Waals surface area contributed by atoms with E-state index >= 15 is 0 Å². The average Bonchev–Trinajstić information content (AvgIpc) is 2.63. The zero-order valence-electron chi connectivity index (χ0n) is 11.6. The molecular weight excluding hydrogens is 228 g/mol. The van der Waals surface area contributed by atoms with Gasteiger partial charge in [0.1, 0.15) is 5.60 Å². The zero-order valence-corrected chi connectivity index (χ0v) is 11.6. The first-order valence-corrected chi connectivity index (χ1v) is 7.07. The van der Waals surface area contributed by atoms with Crippen molar-refractivity contribution in [2.24, 2.45) is 23.2 Å². The van der Waals surface area contributed by atoms with E-state index in [-0.39, 0.29) is 5.41 Å². The minimum absolute atomic E-state index is 0.00498. The molecule has 5 unspecified atom stereocenters. The van der Waals surface area contributed by atoms with Crippen molar-refractivity contribution in [1.82, 2.24) is 0 Å². The Morgan fingerprint density at radius 3 is 2.44 bits per heavy atom. The molecule has 0 radical (unpaired) electrons. The van der Waals surface area contributed by atoms with Crippen LogP contribution in [-0.4, -0.2) is 33.6 Å². The molecule has 2 aliphatic carbocycles. The lowest BCUT2D eigenvalue weighted by atomic mass is 9.61. The van der Waals surface area contributed by atoms with Gasteiger partial charge in [0.2, 0.25) is 0 Å². The molecular formula is C15H26O3. The zero-order chi connectivity index (χ0) is 13.6. The van der Waals surface area contributed by atoms with Crippen LogP contribution in [0.25, 0.3) is 0 Å². The molecule has 1 saturated carbocycles. The van der Waals surface area contributed by atoms with Crippen LogP contribution in [0.5, 0.6) is 0 Å². The van der Waals surface area contributed by atoms with Crippen molar-refractivity contribution in [3.05, 3.63) is 12.2 Å². The van der Waals surface area contributed by atoms with E-state index in [9.17, 15) is 15.3 Å². The van der Waals surface area contributed by atoms with Gasteiger partial charge in [-0.2, -0.15) is 0 Å². The predicted molar refractivity (Wildman–Crippen MR) is 71.0 cm³/mol. The number of aliphatic hydroxyl groups is 3. The van der Waals surface area contributed by atoms with Gasteiger partial charge in [0.25, 0.3) is 0 Å². The van der Waals surface area contributed by atoms with Crippen LogP contribution in [0, 0.1) is 23.2 Å². The van der Waals surface area contributed by atoms with Crippen LogP contribution in [-0.2, 0) is 0 Å². The van der Waals surface area contributed by atoms with Crippen molar-refractivity contribution in [2.75, 3.05) is 6.61 Å². The minimum atomic E-state index is -1.45. The molecule has 0 bridgehead atoms. The average molecular weight is 254 g/mol. The Bertz CT molecular complexity index is 339. The number of hydrogen-bond acceptors (Lipinski definition) is 3. The van der Waals surface area contributed by atoms with Crippen LogP contribution in [0.15, 0.2) is 12.2 Å². The lowest BCUT2D eigenvalue weighted by Crippen LogP contribution is -2.52. The molecule has 104 valence electrons. The van der Waals surface area contributed by atoms with Gasteiger partial charge in [-0.3, -0.25) is 0 Å². The van der Waals surface area contributed by atoms with Gasteiger partial charge in [-0.1, -0.05) is 32.9 Å². The molecule has 0 aromatic carbocycles.